The van der Waals surface area contributed by atoms with Crippen molar-refractivity contribution in [1.29, 1.82) is 0 Å². The third-order valence-electron chi connectivity index (χ3n) is 4.11. The van der Waals surface area contributed by atoms with Crippen LogP contribution < -0.4 is 5.32 Å². The van der Waals surface area contributed by atoms with Crippen molar-refractivity contribution >= 4 is 11.6 Å². The second-order valence-electron chi connectivity index (χ2n) is 5.66. The molecule has 1 saturated carbocycles. The summed E-state index contributed by atoms with van der Waals surface area (Å²) in [6.45, 7) is 7.41. The normalized spacial score (nSPS) is 25.1. The van der Waals surface area contributed by atoms with Gasteiger partial charge in [0.2, 0.25) is 0 Å². The van der Waals surface area contributed by atoms with Crippen molar-refractivity contribution in [1.82, 2.24) is 5.32 Å². The number of methoxy groups -OCH3 is 1. The Morgan fingerprint density at radius 1 is 1.39 bits per heavy atom. The van der Waals surface area contributed by atoms with Crippen LogP contribution in [0.15, 0.2) is 24.3 Å². The van der Waals surface area contributed by atoms with Gasteiger partial charge in [-0.1, -0.05) is 37.6 Å². The van der Waals surface area contributed by atoms with E-state index in [0.29, 0.717) is 17.3 Å². The van der Waals surface area contributed by atoms with Gasteiger partial charge < -0.3 is 10.1 Å². The Kier molecular flexibility index (Phi) is 4.31. The molecule has 0 amide bonds. The predicted octanol–water partition coefficient (Wildman–Crippen LogP) is 3.32. The van der Waals surface area contributed by atoms with E-state index < -0.39 is 0 Å². The van der Waals surface area contributed by atoms with E-state index in [9.17, 15) is 0 Å². The molecule has 2 nitrogen and oxygen atoms in total. The lowest BCUT2D eigenvalue weighted by atomic mass is 10.0. The summed E-state index contributed by atoms with van der Waals surface area (Å²) in [5.74, 6) is 1.30. The van der Waals surface area contributed by atoms with E-state index in [4.69, 9.17) is 16.3 Å². The molecular formula is C15H22ClNO. The molecule has 0 spiro atoms. The number of hydrogen-bond acceptors (Lipinski definition) is 2. The van der Waals surface area contributed by atoms with Gasteiger partial charge in [0.25, 0.3) is 0 Å². The molecule has 0 heterocycles. The Labute approximate surface area is 115 Å². The molecule has 0 aliphatic heterocycles. The fraction of sp³-hybridized carbons (Fsp3) is 0.600. The van der Waals surface area contributed by atoms with Gasteiger partial charge >= 0.3 is 0 Å². The molecule has 1 aliphatic rings. The first-order chi connectivity index (χ1) is 8.57. The Morgan fingerprint density at radius 3 is 2.83 bits per heavy atom. The molecule has 0 bridgehead atoms. The zero-order valence-corrected chi connectivity index (χ0v) is 12.1. The monoisotopic (exact) mass is 267 g/mol. The second kappa shape index (κ2) is 5.60. The Hall–Kier alpha value is -0.570. The van der Waals surface area contributed by atoms with Crippen molar-refractivity contribution in [2.24, 2.45) is 11.3 Å². The molecule has 1 N–H and O–H groups in total. The van der Waals surface area contributed by atoms with E-state index in [1.54, 1.807) is 7.11 Å². The van der Waals surface area contributed by atoms with Gasteiger partial charge in [-0.05, 0) is 41.5 Å². The first-order valence-electron chi connectivity index (χ1n) is 6.52. The van der Waals surface area contributed by atoms with Crippen LogP contribution in [0.25, 0.3) is 0 Å². The summed E-state index contributed by atoms with van der Waals surface area (Å²) in [6, 6.07) is 8.27. The number of ether oxygens (including phenoxy) is 1. The SMILES string of the molecule is COCCNCC1C(c2cccc(Cl)c2)C1(C)C. The number of hydrogen-bond donors (Lipinski definition) is 1. The lowest BCUT2D eigenvalue weighted by Gasteiger charge is -2.04. The Morgan fingerprint density at radius 2 is 2.17 bits per heavy atom. The van der Waals surface area contributed by atoms with Crippen molar-refractivity contribution < 1.29 is 4.74 Å². The van der Waals surface area contributed by atoms with Crippen LogP contribution in [0, 0.1) is 11.3 Å². The minimum Gasteiger partial charge on any atom is -0.383 e. The highest BCUT2D eigenvalue weighted by atomic mass is 35.5. The van der Waals surface area contributed by atoms with Gasteiger partial charge in [0, 0.05) is 18.7 Å². The molecule has 2 atom stereocenters. The molecule has 100 valence electrons. The van der Waals surface area contributed by atoms with Crippen LogP contribution in [-0.4, -0.2) is 26.8 Å². The highest BCUT2D eigenvalue weighted by molar-refractivity contribution is 6.30. The van der Waals surface area contributed by atoms with Gasteiger partial charge in [0.15, 0.2) is 0 Å². The van der Waals surface area contributed by atoms with Crippen molar-refractivity contribution in [3.8, 4) is 0 Å². The molecule has 18 heavy (non-hydrogen) atoms. The number of halogens is 1. The summed E-state index contributed by atoms with van der Waals surface area (Å²) in [7, 11) is 1.73. The molecule has 1 aromatic carbocycles. The maximum absolute atomic E-state index is 6.07. The minimum absolute atomic E-state index is 0.366. The Balaban J connectivity index is 1.94. The third-order valence-corrected chi connectivity index (χ3v) is 4.34. The van der Waals surface area contributed by atoms with Crippen molar-refractivity contribution in [3.63, 3.8) is 0 Å². The fourth-order valence-corrected chi connectivity index (χ4v) is 3.12. The second-order valence-corrected chi connectivity index (χ2v) is 6.09. The smallest absolute Gasteiger partial charge is 0.0587 e. The molecule has 0 saturated heterocycles. The summed E-state index contributed by atoms with van der Waals surface area (Å²) < 4.78 is 5.04. The van der Waals surface area contributed by atoms with Crippen molar-refractivity contribution in [2.75, 3.05) is 26.8 Å². The largest absolute Gasteiger partial charge is 0.383 e. The van der Waals surface area contributed by atoms with Crippen LogP contribution in [0.3, 0.4) is 0 Å². The van der Waals surface area contributed by atoms with Crippen LogP contribution in [0.2, 0.25) is 5.02 Å². The van der Waals surface area contributed by atoms with Gasteiger partial charge in [0.1, 0.15) is 0 Å². The van der Waals surface area contributed by atoms with Gasteiger partial charge in [-0.15, -0.1) is 0 Å². The van der Waals surface area contributed by atoms with E-state index in [-0.39, 0.29) is 0 Å². The van der Waals surface area contributed by atoms with Crippen LogP contribution in [0.4, 0.5) is 0 Å². The van der Waals surface area contributed by atoms with Crippen LogP contribution in [0.5, 0.6) is 0 Å². The van der Waals surface area contributed by atoms with Gasteiger partial charge in [-0.2, -0.15) is 0 Å². The summed E-state index contributed by atoms with van der Waals surface area (Å²) in [5, 5.41) is 4.29. The third kappa shape index (κ3) is 2.87. The lowest BCUT2D eigenvalue weighted by molar-refractivity contribution is 0.198. The van der Waals surface area contributed by atoms with Gasteiger partial charge in [-0.3, -0.25) is 0 Å². The number of nitrogens with one attached hydrogen (secondary N) is 1. The predicted molar refractivity (Wildman–Crippen MR) is 76.2 cm³/mol. The van der Waals surface area contributed by atoms with Crippen LogP contribution in [0.1, 0.15) is 25.3 Å². The van der Waals surface area contributed by atoms with E-state index in [1.165, 1.54) is 5.56 Å². The standard InChI is InChI=1S/C15H22ClNO/c1-15(2)13(10-17-7-8-18-3)14(15)11-5-4-6-12(16)9-11/h4-6,9,13-14,17H,7-8,10H2,1-3H3. The topological polar surface area (TPSA) is 21.3 Å². The van der Waals surface area contributed by atoms with E-state index in [0.717, 1.165) is 24.7 Å². The maximum atomic E-state index is 6.07. The highest BCUT2D eigenvalue weighted by Crippen LogP contribution is 2.64. The fourth-order valence-electron chi connectivity index (χ4n) is 2.92. The first kappa shape index (κ1) is 13.9. The molecule has 0 aromatic heterocycles. The van der Waals surface area contributed by atoms with Crippen LogP contribution in [-0.2, 0) is 4.74 Å². The van der Waals surface area contributed by atoms with Crippen molar-refractivity contribution in [3.05, 3.63) is 34.9 Å². The molecule has 1 aliphatic carbocycles. The average molecular weight is 268 g/mol. The van der Waals surface area contributed by atoms with Gasteiger partial charge in [0.05, 0.1) is 6.61 Å². The van der Waals surface area contributed by atoms with E-state index in [2.05, 4.69) is 31.3 Å². The Bertz CT molecular complexity index is 405. The molecular weight excluding hydrogens is 246 g/mol. The van der Waals surface area contributed by atoms with E-state index in [1.807, 2.05) is 12.1 Å². The zero-order valence-electron chi connectivity index (χ0n) is 11.4. The first-order valence-corrected chi connectivity index (χ1v) is 6.90. The van der Waals surface area contributed by atoms with E-state index >= 15 is 0 Å². The molecule has 1 fully saturated rings. The van der Waals surface area contributed by atoms with Crippen molar-refractivity contribution in [2.45, 2.75) is 19.8 Å². The zero-order chi connectivity index (χ0) is 13.2. The highest BCUT2D eigenvalue weighted by Gasteiger charge is 2.57. The summed E-state index contributed by atoms with van der Waals surface area (Å²) in [4.78, 5) is 0. The molecule has 2 unspecified atom stereocenters. The van der Waals surface area contributed by atoms with Crippen LogP contribution >= 0.6 is 11.6 Å². The minimum atomic E-state index is 0.366. The molecule has 2 rings (SSSR count). The molecule has 3 heteroatoms. The average Bonchev–Trinajstić information content (AvgIpc) is 2.87. The number of benzene rings is 1. The van der Waals surface area contributed by atoms with Gasteiger partial charge in [-0.25, -0.2) is 0 Å². The lowest BCUT2D eigenvalue weighted by Crippen LogP contribution is -2.22. The summed E-state index contributed by atoms with van der Waals surface area (Å²) in [6.07, 6.45) is 0. The molecule has 0 radical (unpaired) electrons. The number of rotatable bonds is 6. The quantitative estimate of drug-likeness (QED) is 0.799. The summed E-state index contributed by atoms with van der Waals surface area (Å²) in [5.41, 5.74) is 1.73. The molecule has 1 aromatic rings. The summed E-state index contributed by atoms with van der Waals surface area (Å²) >= 11 is 6.07. The maximum Gasteiger partial charge on any atom is 0.0587 e.